The van der Waals surface area contributed by atoms with E-state index in [0.29, 0.717) is 43.9 Å². The normalized spacial score (nSPS) is 19.1. The van der Waals surface area contributed by atoms with Crippen LogP contribution >= 0.6 is 22.9 Å². The molecule has 1 aromatic carbocycles. The van der Waals surface area contributed by atoms with E-state index in [0.717, 1.165) is 32.1 Å². The van der Waals surface area contributed by atoms with E-state index in [1.54, 1.807) is 17.5 Å². The van der Waals surface area contributed by atoms with Crippen LogP contribution in [0.15, 0.2) is 36.5 Å². The van der Waals surface area contributed by atoms with Gasteiger partial charge >= 0.3 is 0 Å². The number of halogens is 1. The molecule has 7 nitrogen and oxygen atoms in total. The summed E-state index contributed by atoms with van der Waals surface area (Å²) in [7, 11) is 0. The molecule has 6 rings (SSSR count). The zero-order valence-corrected chi connectivity index (χ0v) is 19.0. The molecule has 164 valence electrons. The number of hydrogen-bond acceptors (Lipinski definition) is 7. The predicted octanol–water partition coefficient (Wildman–Crippen LogP) is 3.86. The number of fused-ring (bicyclic) bond motifs is 2. The minimum Gasteiger partial charge on any atom is -0.377 e. The van der Waals surface area contributed by atoms with Crippen LogP contribution in [0.3, 0.4) is 0 Å². The highest BCUT2D eigenvalue weighted by Crippen LogP contribution is 2.52. The van der Waals surface area contributed by atoms with Crippen LogP contribution < -0.4 is 5.32 Å². The van der Waals surface area contributed by atoms with Crippen LogP contribution in [0, 0.1) is 6.92 Å². The van der Waals surface area contributed by atoms with E-state index in [1.807, 2.05) is 42.2 Å². The highest BCUT2D eigenvalue weighted by Gasteiger charge is 2.57. The Labute approximate surface area is 194 Å². The van der Waals surface area contributed by atoms with Gasteiger partial charge in [-0.3, -0.25) is 4.79 Å². The molecule has 0 atom stereocenters. The van der Waals surface area contributed by atoms with Crippen molar-refractivity contribution in [3.63, 3.8) is 0 Å². The maximum Gasteiger partial charge on any atom is 0.256 e. The lowest BCUT2D eigenvalue weighted by molar-refractivity contribution is -0.126. The molecule has 2 fully saturated rings. The third-order valence-electron chi connectivity index (χ3n) is 6.32. The molecule has 0 aliphatic carbocycles. The number of hydrogen-bond donors (Lipinski definition) is 1. The van der Waals surface area contributed by atoms with Crippen molar-refractivity contribution in [1.82, 2.24) is 14.9 Å². The van der Waals surface area contributed by atoms with Crippen LogP contribution in [0.1, 0.15) is 26.4 Å². The number of carbonyl (C=O) groups excluding carboxylic acids is 1. The van der Waals surface area contributed by atoms with Crippen molar-refractivity contribution in [3.8, 4) is 10.6 Å². The molecule has 1 spiro atoms. The molecule has 5 heterocycles. The van der Waals surface area contributed by atoms with Gasteiger partial charge in [-0.15, -0.1) is 11.3 Å². The molecule has 0 unspecified atom stereocenters. The van der Waals surface area contributed by atoms with Crippen molar-refractivity contribution in [3.05, 3.63) is 63.1 Å². The molecular weight excluding hydrogens is 448 g/mol. The SMILES string of the molecule is Cc1c(-c2ccnc(NC3COC3)n2)sc2c1C(=O)N(Cc1cccc(Cl)c1)C21COC1. The van der Waals surface area contributed by atoms with Gasteiger partial charge in [-0.1, -0.05) is 23.7 Å². The van der Waals surface area contributed by atoms with Crippen LogP contribution in [0.5, 0.6) is 0 Å². The van der Waals surface area contributed by atoms with E-state index in [-0.39, 0.29) is 11.9 Å². The first-order chi connectivity index (χ1) is 15.5. The molecule has 1 N–H and O–H groups in total. The van der Waals surface area contributed by atoms with Gasteiger partial charge < -0.3 is 19.7 Å². The number of benzene rings is 1. The lowest BCUT2D eigenvalue weighted by atomic mass is 9.94. The standard InChI is InChI=1S/C23H21ClN4O3S/c1-13-18-20(32-19(13)17-5-6-25-22(27-17)26-16-9-30-10-16)23(11-31-12-23)28(21(18)29)8-14-3-2-4-15(24)7-14/h2-7,16H,8-12H2,1H3,(H,25,26,27). The number of amides is 1. The van der Waals surface area contributed by atoms with E-state index in [1.165, 1.54) is 0 Å². The fourth-order valence-electron chi connectivity index (χ4n) is 4.47. The van der Waals surface area contributed by atoms with E-state index in [2.05, 4.69) is 10.3 Å². The first-order valence-corrected chi connectivity index (χ1v) is 11.7. The number of aromatic nitrogens is 2. The van der Waals surface area contributed by atoms with Gasteiger partial charge in [0.2, 0.25) is 5.95 Å². The smallest absolute Gasteiger partial charge is 0.256 e. The second-order valence-corrected chi connectivity index (χ2v) is 9.91. The second kappa shape index (κ2) is 7.52. The molecule has 3 aliphatic rings. The van der Waals surface area contributed by atoms with Crippen LogP contribution in [0.2, 0.25) is 5.02 Å². The Morgan fingerprint density at radius 3 is 2.81 bits per heavy atom. The number of anilines is 1. The number of nitrogens with zero attached hydrogens (tertiary/aromatic N) is 3. The molecule has 1 amide bonds. The second-order valence-electron chi connectivity index (χ2n) is 8.45. The zero-order valence-electron chi connectivity index (χ0n) is 17.4. The third kappa shape index (κ3) is 3.05. The predicted molar refractivity (Wildman–Crippen MR) is 122 cm³/mol. The highest BCUT2D eigenvalue weighted by atomic mass is 35.5. The number of ether oxygens (including phenoxy) is 2. The fourth-order valence-corrected chi connectivity index (χ4v) is 6.13. The van der Waals surface area contributed by atoms with Gasteiger partial charge in [0.1, 0.15) is 5.54 Å². The quantitative estimate of drug-likeness (QED) is 0.612. The molecule has 3 aliphatic heterocycles. The Morgan fingerprint density at radius 1 is 1.28 bits per heavy atom. The molecule has 9 heteroatoms. The average molecular weight is 469 g/mol. The molecule has 2 aromatic heterocycles. The maximum atomic E-state index is 13.6. The summed E-state index contributed by atoms with van der Waals surface area (Å²) in [6.07, 6.45) is 1.75. The van der Waals surface area contributed by atoms with Crippen molar-refractivity contribution in [1.29, 1.82) is 0 Å². The third-order valence-corrected chi connectivity index (χ3v) is 8.06. The Hall–Kier alpha value is -2.52. The summed E-state index contributed by atoms with van der Waals surface area (Å²) in [5, 5.41) is 3.96. The van der Waals surface area contributed by atoms with Gasteiger partial charge in [-0.05, 0) is 36.2 Å². The summed E-state index contributed by atoms with van der Waals surface area (Å²) in [6, 6.07) is 9.81. The lowest BCUT2D eigenvalue weighted by Crippen LogP contribution is -2.56. The van der Waals surface area contributed by atoms with E-state index in [4.69, 9.17) is 26.1 Å². The number of rotatable bonds is 5. The summed E-state index contributed by atoms with van der Waals surface area (Å²) in [4.78, 5) is 26.7. The lowest BCUT2D eigenvalue weighted by Gasteiger charge is -2.45. The van der Waals surface area contributed by atoms with Crippen LogP contribution in [-0.4, -0.2) is 53.2 Å². The Bertz CT molecular complexity index is 1220. The molecular formula is C23H21ClN4O3S. The number of nitrogens with one attached hydrogen (secondary N) is 1. The first kappa shape index (κ1) is 20.1. The Kier molecular flexibility index (Phi) is 4.73. The van der Waals surface area contributed by atoms with Gasteiger partial charge in [0, 0.05) is 22.6 Å². The Morgan fingerprint density at radius 2 is 2.12 bits per heavy atom. The first-order valence-electron chi connectivity index (χ1n) is 10.5. The molecule has 0 saturated carbocycles. The van der Waals surface area contributed by atoms with Gasteiger partial charge in [-0.2, -0.15) is 0 Å². The minimum absolute atomic E-state index is 0.0438. The van der Waals surface area contributed by atoms with Crippen molar-refractivity contribution in [2.45, 2.75) is 25.0 Å². The molecule has 0 radical (unpaired) electrons. The average Bonchev–Trinajstić information content (AvgIpc) is 3.18. The Balaban J connectivity index is 1.35. The van der Waals surface area contributed by atoms with Gasteiger partial charge in [0.05, 0.1) is 48.6 Å². The summed E-state index contributed by atoms with van der Waals surface area (Å²) in [6.45, 7) is 4.85. The summed E-state index contributed by atoms with van der Waals surface area (Å²) >= 11 is 7.82. The van der Waals surface area contributed by atoms with Crippen molar-refractivity contribution >= 4 is 34.8 Å². The van der Waals surface area contributed by atoms with Crippen LogP contribution in [0.25, 0.3) is 10.6 Å². The van der Waals surface area contributed by atoms with Crippen molar-refractivity contribution in [2.24, 2.45) is 0 Å². The van der Waals surface area contributed by atoms with Crippen molar-refractivity contribution < 1.29 is 14.3 Å². The summed E-state index contributed by atoms with van der Waals surface area (Å²) in [5.41, 5.74) is 3.17. The van der Waals surface area contributed by atoms with E-state index < -0.39 is 5.54 Å². The van der Waals surface area contributed by atoms with Crippen molar-refractivity contribution in [2.75, 3.05) is 31.7 Å². The maximum absolute atomic E-state index is 13.6. The summed E-state index contributed by atoms with van der Waals surface area (Å²) in [5.74, 6) is 0.627. The fraction of sp³-hybridized carbons (Fsp3) is 0.348. The molecule has 32 heavy (non-hydrogen) atoms. The molecule has 3 aromatic rings. The largest absolute Gasteiger partial charge is 0.377 e. The van der Waals surface area contributed by atoms with E-state index in [9.17, 15) is 4.79 Å². The van der Waals surface area contributed by atoms with Crippen LogP contribution in [0.4, 0.5) is 5.95 Å². The molecule has 2 saturated heterocycles. The van der Waals surface area contributed by atoms with Gasteiger partial charge in [0.15, 0.2) is 0 Å². The number of carbonyl (C=O) groups is 1. The molecule has 0 bridgehead atoms. The topological polar surface area (TPSA) is 76.6 Å². The van der Waals surface area contributed by atoms with Gasteiger partial charge in [0.25, 0.3) is 5.91 Å². The minimum atomic E-state index is -0.417. The summed E-state index contributed by atoms with van der Waals surface area (Å²) < 4.78 is 10.9. The number of thiophene rings is 1. The highest BCUT2D eigenvalue weighted by molar-refractivity contribution is 7.16. The van der Waals surface area contributed by atoms with Gasteiger partial charge in [-0.25, -0.2) is 9.97 Å². The van der Waals surface area contributed by atoms with Crippen LogP contribution in [-0.2, 0) is 21.6 Å². The zero-order chi connectivity index (χ0) is 21.9. The monoisotopic (exact) mass is 468 g/mol. The van der Waals surface area contributed by atoms with E-state index >= 15 is 0 Å².